The van der Waals surface area contributed by atoms with Crippen LogP contribution >= 0.6 is 0 Å². The molecule has 0 aromatic heterocycles. The molecule has 0 radical (unpaired) electrons. The second-order valence-corrected chi connectivity index (χ2v) is 6.00. The quantitative estimate of drug-likeness (QED) is 0.723. The van der Waals surface area contributed by atoms with Gasteiger partial charge in [0.2, 0.25) is 5.91 Å². The third-order valence-corrected chi connectivity index (χ3v) is 3.88. The molecular formula is C20H25N3O2. The third-order valence-electron chi connectivity index (χ3n) is 3.88. The molecule has 0 atom stereocenters. The fourth-order valence-corrected chi connectivity index (χ4v) is 2.46. The van der Waals surface area contributed by atoms with Gasteiger partial charge in [0.15, 0.2) is 0 Å². The Morgan fingerprint density at radius 1 is 0.960 bits per heavy atom. The van der Waals surface area contributed by atoms with E-state index in [2.05, 4.69) is 16.0 Å². The first-order valence-corrected chi connectivity index (χ1v) is 8.49. The smallest absolute Gasteiger partial charge is 0.251 e. The summed E-state index contributed by atoms with van der Waals surface area (Å²) in [6.45, 7) is 6.78. The third kappa shape index (κ3) is 5.35. The predicted molar refractivity (Wildman–Crippen MR) is 102 cm³/mol. The second kappa shape index (κ2) is 8.87. The molecule has 25 heavy (non-hydrogen) atoms. The van der Waals surface area contributed by atoms with E-state index in [-0.39, 0.29) is 18.4 Å². The molecule has 0 saturated heterocycles. The van der Waals surface area contributed by atoms with Crippen LogP contribution in [-0.4, -0.2) is 24.9 Å². The highest BCUT2D eigenvalue weighted by atomic mass is 16.2. The minimum Gasteiger partial charge on any atom is -0.376 e. The number of anilines is 2. The van der Waals surface area contributed by atoms with Crippen molar-refractivity contribution >= 4 is 23.2 Å². The molecule has 3 N–H and O–H groups in total. The lowest BCUT2D eigenvalue weighted by Gasteiger charge is -2.12. The van der Waals surface area contributed by atoms with Crippen LogP contribution in [-0.2, 0) is 4.79 Å². The number of para-hydroxylation sites is 1. The largest absolute Gasteiger partial charge is 0.376 e. The molecule has 0 spiro atoms. The summed E-state index contributed by atoms with van der Waals surface area (Å²) in [5.41, 5.74) is 4.34. The lowest BCUT2D eigenvalue weighted by molar-refractivity contribution is -0.114. The van der Waals surface area contributed by atoms with E-state index in [0.29, 0.717) is 12.1 Å². The number of hydrogen-bond acceptors (Lipinski definition) is 3. The Labute approximate surface area is 148 Å². The average Bonchev–Trinajstić information content (AvgIpc) is 2.61. The fourth-order valence-electron chi connectivity index (χ4n) is 2.46. The van der Waals surface area contributed by atoms with Crippen LogP contribution in [0.4, 0.5) is 11.4 Å². The number of nitrogens with one attached hydrogen (secondary N) is 3. The maximum absolute atomic E-state index is 12.1. The summed E-state index contributed by atoms with van der Waals surface area (Å²) in [6.07, 6.45) is 0.904. The first kappa shape index (κ1) is 18.5. The minimum absolute atomic E-state index is 0.0822. The van der Waals surface area contributed by atoms with Crippen molar-refractivity contribution in [1.82, 2.24) is 5.32 Å². The van der Waals surface area contributed by atoms with E-state index in [4.69, 9.17) is 0 Å². The summed E-state index contributed by atoms with van der Waals surface area (Å²) in [6, 6.07) is 13.0. The summed E-state index contributed by atoms with van der Waals surface area (Å²) in [7, 11) is 0. The van der Waals surface area contributed by atoms with E-state index in [1.54, 1.807) is 24.3 Å². The number of carbonyl (C=O) groups is 2. The molecule has 0 fully saturated rings. The van der Waals surface area contributed by atoms with Gasteiger partial charge in [0, 0.05) is 23.5 Å². The molecule has 0 aliphatic rings. The lowest BCUT2D eigenvalue weighted by atomic mass is 10.1. The molecule has 0 saturated carbocycles. The Kier molecular flexibility index (Phi) is 6.57. The van der Waals surface area contributed by atoms with Gasteiger partial charge in [-0.2, -0.15) is 0 Å². The zero-order valence-corrected chi connectivity index (χ0v) is 15.0. The topological polar surface area (TPSA) is 70.2 Å². The van der Waals surface area contributed by atoms with Crippen molar-refractivity contribution in [3.63, 3.8) is 0 Å². The molecule has 0 aliphatic heterocycles. The van der Waals surface area contributed by atoms with Crippen molar-refractivity contribution in [2.45, 2.75) is 27.2 Å². The zero-order valence-electron chi connectivity index (χ0n) is 15.0. The number of hydrogen-bond donors (Lipinski definition) is 3. The predicted octanol–water partition coefficient (Wildman–Crippen LogP) is 3.49. The SMILES string of the molecule is CCCNC(=O)c1ccc(NCC(=O)Nc2c(C)cccc2C)cc1. The van der Waals surface area contributed by atoms with Gasteiger partial charge in [0.05, 0.1) is 6.54 Å². The van der Waals surface area contributed by atoms with Crippen LogP contribution in [0.1, 0.15) is 34.8 Å². The van der Waals surface area contributed by atoms with Gasteiger partial charge in [0.25, 0.3) is 5.91 Å². The van der Waals surface area contributed by atoms with Crippen LogP contribution in [0.15, 0.2) is 42.5 Å². The van der Waals surface area contributed by atoms with Crippen molar-refractivity contribution in [2.75, 3.05) is 23.7 Å². The molecule has 2 aromatic rings. The first-order valence-electron chi connectivity index (χ1n) is 8.49. The van der Waals surface area contributed by atoms with Gasteiger partial charge >= 0.3 is 0 Å². The Morgan fingerprint density at radius 3 is 2.20 bits per heavy atom. The van der Waals surface area contributed by atoms with Gasteiger partial charge in [-0.25, -0.2) is 0 Å². The van der Waals surface area contributed by atoms with Crippen molar-refractivity contribution in [3.05, 3.63) is 59.2 Å². The van der Waals surface area contributed by atoms with Crippen LogP contribution in [0.2, 0.25) is 0 Å². The van der Waals surface area contributed by atoms with Crippen LogP contribution in [0, 0.1) is 13.8 Å². The van der Waals surface area contributed by atoms with Gasteiger partial charge in [0.1, 0.15) is 0 Å². The first-order chi connectivity index (χ1) is 12.0. The fraction of sp³-hybridized carbons (Fsp3) is 0.300. The molecule has 0 heterocycles. The summed E-state index contributed by atoms with van der Waals surface area (Å²) < 4.78 is 0. The van der Waals surface area contributed by atoms with Crippen molar-refractivity contribution in [3.8, 4) is 0 Å². The average molecular weight is 339 g/mol. The number of aryl methyl sites for hydroxylation is 2. The van der Waals surface area contributed by atoms with Crippen molar-refractivity contribution < 1.29 is 9.59 Å². The van der Waals surface area contributed by atoms with E-state index in [1.807, 2.05) is 39.0 Å². The Hall–Kier alpha value is -2.82. The van der Waals surface area contributed by atoms with E-state index >= 15 is 0 Å². The van der Waals surface area contributed by atoms with Crippen LogP contribution in [0.5, 0.6) is 0 Å². The lowest BCUT2D eigenvalue weighted by Crippen LogP contribution is -2.24. The van der Waals surface area contributed by atoms with Crippen LogP contribution in [0.25, 0.3) is 0 Å². The molecule has 5 nitrogen and oxygen atoms in total. The second-order valence-electron chi connectivity index (χ2n) is 6.00. The molecule has 0 aliphatic carbocycles. The van der Waals surface area contributed by atoms with Gasteiger partial charge in [-0.1, -0.05) is 25.1 Å². The molecule has 2 aromatic carbocycles. The molecule has 2 amide bonds. The summed E-state index contributed by atoms with van der Waals surface area (Å²) in [5, 5.41) is 8.84. The number of rotatable bonds is 7. The summed E-state index contributed by atoms with van der Waals surface area (Å²) in [5.74, 6) is -0.191. The van der Waals surface area contributed by atoms with Crippen molar-refractivity contribution in [1.29, 1.82) is 0 Å². The maximum Gasteiger partial charge on any atom is 0.251 e. The highest BCUT2D eigenvalue weighted by Crippen LogP contribution is 2.19. The van der Waals surface area contributed by atoms with E-state index < -0.39 is 0 Å². The van der Waals surface area contributed by atoms with E-state index in [1.165, 1.54) is 0 Å². The Bertz CT molecular complexity index is 719. The molecule has 5 heteroatoms. The summed E-state index contributed by atoms with van der Waals surface area (Å²) >= 11 is 0. The Balaban J connectivity index is 1.88. The van der Waals surface area contributed by atoms with Crippen LogP contribution in [0.3, 0.4) is 0 Å². The highest BCUT2D eigenvalue weighted by Gasteiger charge is 2.08. The highest BCUT2D eigenvalue weighted by molar-refractivity contribution is 5.96. The normalized spacial score (nSPS) is 10.2. The molecule has 0 unspecified atom stereocenters. The summed E-state index contributed by atoms with van der Waals surface area (Å²) in [4.78, 5) is 24.0. The molecule has 0 bridgehead atoms. The maximum atomic E-state index is 12.1. The van der Waals surface area contributed by atoms with Gasteiger partial charge < -0.3 is 16.0 Å². The van der Waals surface area contributed by atoms with Crippen molar-refractivity contribution in [2.24, 2.45) is 0 Å². The minimum atomic E-state index is -0.109. The standard InChI is InChI=1S/C20H25N3O2/c1-4-12-21-20(25)16-8-10-17(11-9-16)22-13-18(24)23-19-14(2)6-5-7-15(19)3/h5-11,22H,4,12-13H2,1-3H3,(H,21,25)(H,23,24). The molecular weight excluding hydrogens is 314 g/mol. The van der Waals surface area contributed by atoms with Gasteiger partial charge in [-0.3, -0.25) is 9.59 Å². The van der Waals surface area contributed by atoms with E-state index in [9.17, 15) is 9.59 Å². The monoisotopic (exact) mass is 339 g/mol. The number of carbonyl (C=O) groups excluding carboxylic acids is 2. The molecule has 132 valence electrons. The molecule has 2 rings (SSSR count). The van der Waals surface area contributed by atoms with Gasteiger partial charge in [-0.05, 0) is 55.7 Å². The number of benzene rings is 2. The van der Waals surface area contributed by atoms with Gasteiger partial charge in [-0.15, -0.1) is 0 Å². The van der Waals surface area contributed by atoms with Crippen LogP contribution < -0.4 is 16.0 Å². The Morgan fingerprint density at radius 2 is 1.60 bits per heavy atom. The number of amides is 2. The van der Waals surface area contributed by atoms with E-state index in [0.717, 1.165) is 28.9 Å². The zero-order chi connectivity index (χ0) is 18.2.